The highest BCUT2D eigenvalue weighted by molar-refractivity contribution is 7.22. The number of carbonyl (C=O) groups is 5. The van der Waals surface area contributed by atoms with Crippen LogP contribution in [0, 0.1) is 11.3 Å². The molecule has 23 heteroatoms. The average Bonchev–Trinajstić information content (AvgIpc) is 1.22. The molecule has 2 saturated heterocycles. The van der Waals surface area contributed by atoms with Crippen LogP contribution in [0.5, 0.6) is 5.75 Å². The van der Waals surface area contributed by atoms with Crippen LogP contribution in [-0.2, 0) is 50.0 Å². The quantitative estimate of drug-likeness (QED) is 0.0286. The number of fused-ring (bicyclic) bond motifs is 3. The number of anilines is 3. The number of nitrogens with zero attached hydrogens (tertiary/aromatic N) is 8. The maximum Gasteiger partial charge on any atom is 0.417 e. The van der Waals surface area contributed by atoms with Crippen molar-refractivity contribution in [2.45, 2.75) is 116 Å². The molecule has 0 bridgehead atoms. The number of nitrogens with one attached hydrogen (secondary N) is 2. The van der Waals surface area contributed by atoms with Gasteiger partial charge in [-0.2, -0.15) is 18.3 Å². The van der Waals surface area contributed by atoms with E-state index in [0.717, 1.165) is 77.6 Å². The highest BCUT2D eigenvalue weighted by atomic mass is 32.1. The number of ether oxygens (including phenoxy) is 3. The van der Waals surface area contributed by atoms with E-state index in [4.69, 9.17) is 24.2 Å². The van der Waals surface area contributed by atoms with Gasteiger partial charge in [-0.1, -0.05) is 49.2 Å². The molecular formula is C63H71F3N10O8SSi. The molecule has 18 nitrogen and oxygen atoms in total. The number of hydrogen-bond acceptors (Lipinski definition) is 15. The van der Waals surface area contributed by atoms with Gasteiger partial charge in [0, 0.05) is 69.6 Å². The summed E-state index contributed by atoms with van der Waals surface area (Å²) in [7, 11) is 0.334. The zero-order chi connectivity index (χ0) is 60.9. The number of imide groups is 1. The van der Waals surface area contributed by atoms with Crippen molar-refractivity contribution in [2.75, 3.05) is 61.2 Å². The number of carbonyl (C=O) groups excluding carboxylic acids is 5. The highest BCUT2D eigenvalue weighted by Gasteiger charge is 2.46. The SMILES string of the molecule is Cn1nc(C2CCC(=O)NC2=O)c2ccc(NC(=O)CN3CCC4(CC3)CC(COc3ccc(-c5ccc(N6CCc7ccnc(C(=O)N(COCC[Si](C)(C)C)c8nc9ccccc9s8)c7C6)nc5C(=O)OC(C)(C)C)c(C(F)(F)F)c3)C4)cc21. The molecule has 11 rings (SSSR count). The van der Waals surface area contributed by atoms with E-state index >= 15 is 13.2 Å². The fraction of sp³-hybridized carbons (Fsp3) is 0.444. The summed E-state index contributed by atoms with van der Waals surface area (Å²) in [5.74, 6) is -2.13. The van der Waals surface area contributed by atoms with E-state index in [0.29, 0.717) is 53.9 Å². The van der Waals surface area contributed by atoms with Crippen molar-refractivity contribution in [1.29, 1.82) is 0 Å². The zero-order valence-electron chi connectivity index (χ0n) is 49.4. The number of aryl methyl sites for hydroxylation is 1. The topological polar surface area (TPSA) is 203 Å². The van der Waals surface area contributed by atoms with Gasteiger partial charge in [0.15, 0.2) is 10.8 Å². The van der Waals surface area contributed by atoms with E-state index in [1.165, 1.54) is 34.4 Å². The smallest absolute Gasteiger partial charge is 0.417 e. The molecule has 3 fully saturated rings. The summed E-state index contributed by atoms with van der Waals surface area (Å²) < 4.78 is 66.5. The Morgan fingerprint density at radius 1 is 0.907 bits per heavy atom. The van der Waals surface area contributed by atoms with Crippen molar-refractivity contribution in [1.82, 2.24) is 34.9 Å². The number of aromatic nitrogens is 5. The normalized spacial score (nSPS) is 17.6. The number of esters is 1. The molecule has 4 amide bonds. The number of hydrogen-bond donors (Lipinski definition) is 2. The molecule has 1 aliphatic carbocycles. The van der Waals surface area contributed by atoms with Crippen molar-refractivity contribution in [2.24, 2.45) is 18.4 Å². The largest absolute Gasteiger partial charge is 0.493 e. The van der Waals surface area contributed by atoms with Crippen LogP contribution in [0.3, 0.4) is 0 Å². The molecule has 452 valence electrons. The Balaban J connectivity index is 0.740. The van der Waals surface area contributed by atoms with E-state index in [-0.39, 0.29) is 96.1 Å². The lowest BCUT2D eigenvalue weighted by Crippen LogP contribution is -2.49. The fourth-order valence-electron chi connectivity index (χ4n) is 12.2. The first-order valence-electron chi connectivity index (χ1n) is 29.2. The predicted octanol–water partition coefficient (Wildman–Crippen LogP) is 11.2. The molecule has 1 spiro atoms. The van der Waals surface area contributed by atoms with Crippen LogP contribution >= 0.6 is 11.3 Å². The van der Waals surface area contributed by atoms with E-state index in [1.54, 1.807) is 50.8 Å². The number of benzene rings is 3. The van der Waals surface area contributed by atoms with E-state index in [2.05, 4.69) is 45.3 Å². The Kier molecular flexibility index (Phi) is 16.7. The molecule has 2 N–H and O–H groups in total. The number of rotatable bonds is 17. The third kappa shape index (κ3) is 13.3. The average molecular weight is 1210 g/mol. The molecule has 1 atom stereocenters. The summed E-state index contributed by atoms with van der Waals surface area (Å²) in [4.78, 5) is 86.3. The molecule has 1 unspecified atom stereocenters. The van der Waals surface area contributed by atoms with Gasteiger partial charge in [0.05, 0.1) is 46.1 Å². The molecular weight excluding hydrogens is 1140 g/mol. The number of para-hydroxylation sites is 1. The lowest BCUT2D eigenvalue weighted by Gasteiger charge is -2.52. The summed E-state index contributed by atoms with van der Waals surface area (Å²) in [5, 5.41) is 11.3. The number of thiazole rings is 1. The van der Waals surface area contributed by atoms with E-state index in [9.17, 15) is 24.0 Å². The molecule has 3 aliphatic heterocycles. The van der Waals surface area contributed by atoms with Crippen LogP contribution in [0.15, 0.2) is 85.1 Å². The van der Waals surface area contributed by atoms with Crippen LogP contribution in [0.25, 0.3) is 32.2 Å². The maximum absolute atomic E-state index is 15.3. The van der Waals surface area contributed by atoms with Gasteiger partial charge < -0.3 is 24.4 Å². The van der Waals surface area contributed by atoms with Gasteiger partial charge in [-0.15, -0.1) is 0 Å². The van der Waals surface area contributed by atoms with Gasteiger partial charge in [-0.3, -0.25) is 44.0 Å². The van der Waals surface area contributed by atoms with Crippen LogP contribution in [0.2, 0.25) is 25.7 Å². The molecule has 86 heavy (non-hydrogen) atoms. The Labute approximate surface area is 501 Å². The van der Waals surface area contributed by atoms with Gasteiger partial charge in [0.25, 0.3) is 5.91 Å². The minimum Gasteiger partial charge on any atom is -0.493 e. The van der Waals surface area contributed by atoms with Crippen molar-refractivity contribution >= 4 is 86.8 Å². The van der Waals surface area contributed by atoms with Crippen molar-refractivity contribution in [3.63, 3.8) is 0 Å². The third-order valence-electron chi connectivity index (χ3n) is 16.7. The second-order valence-electron chi connectivity index (χ2n) is 25.4. The minimum absolute atomic E-state index is 0.0314. The monoisotopic (exact) mass is 1210 g/mol. The van der Waals surface area contributed by atoms with Crippen LogP contribution in [0.1, 0.15) is 109 Å². The molecule has 4 aromatic heterocycles. The number of alkyl halides is 3. The number of piperidine rings is 2. The van der Waals surface area contributed by atoms with Gasteiger partial charge in [-0.05, 0) is 162 Å². The second-order valence-corrected chi connectivity index (χ2v) is 32.1. The van der Waals surface area contributed by atoms with Crippen molar-refractivity contribution < 1.29 is 51.4 Å². The van der Waals surface area contributed by atoms with Gasteiger partial charge in [0.2, 0.25) is 17.7 Å². The first-order valence-corrected chi connectivity index (χ1v) is 33.8. The summed E-state index contributed by atoms with van der Waals surface area (Å²) >= 11 is 1.38. The standard InChI is InChI=1S/C63H71F3N10O8SSi/c1-61(2,3)84-59(81)56-43(16-18-51(70-56)75-25-21-39-20-24-67-55(46(39)34-75)58(80)76(37-82-28-29-86(5,6)7)60-69-48-10-8-9-11-50(48)85-60)42-15-13-41(31-47(42)63(64,65)66)83-36-38-32-62(33-38)22-26-74(27-23-62)35-53(78)68-40-12-14-44-49(30-40)73(4)72-54(44)45-17-19-52(77)71-57(45)79/h8-16,18,20,24,30-31,38,45H,17,19,21-23,25-29,32-37H2,1-7H3,(H,68,78)(H,71,77,79). The lowest BCUT2D eigenvalue weighted by atomic mass is 9.58. The van der Waals surface area contributed by atoms with Crippen LogP contribution < -0.4 is 25.2 Å². The van der Waals surface area contributed by atoms with Crippen molar-refractivity contribution in [3.8, 4) is 16.9 Å². The first kappa shape index (κ1) is 60.1. The van der Waals surface area contributed by atoms with Crippen LogP contribution in [0.4, 0.5) is 29.8 Å². The predicted molar refractivity (Wildman–Crippen MR) is 325 cm³/mol. The lowest BCUT2D eigenvalue weighted by molar-refractivity contribution is -0.137. The van der Waals surface area contributed by atoms with Gasteiger partial charge >= 0.3 is 12.1 Å². The minimum atomic E-state index is -4.84. The maximum atomic E-state index is 15.3. The number of pyridine rings is 2. The second kappa shape index (κ2) is 23.9. The van der Waals surface area contributed by atoms with Crippen LogP contribution in [-0.4, -0.2) is 119 Å². The summed E-state index contributed by atoms with van der Waals surface area (Å²) in [6.45, 7) is 14.7. The Hall–Kier alpha value is -7.60. The molecule has 7 heterocycles. The number of halogens is 3. The molecule has 3 aromatic carbocycles. The Bertz CT molecular complexity index is 3730. The fourth-order valence-corrected chi connectivity index (χ4v) is 13.9. The summed E-state index contributed by atoms with van der Waals surface area (Å²) in [6, 6.07) is 22.8. The number of amides is 4. The third-order valence-corrected chi connectivity index (χ3v) is 19.4. The van der Waals surface area contributed by atoms with E-state index in [1.807, 2.05) is 47.4 Å². The molecule has 7 aromatic rings. The Morgan fingerprint density at radius 3 is 2.41 bits per heavy atom. The molecule has 1 saturated carbocycles. The van der Waals surface area contributed by atoms with E-state index < -0.39 is 37.3 Å². The highest BCUT2D eigenvalue weighted by Crippen LogP contribution is 2.53. The first-order chi connectivity index (χ1) is 40.9. The molecule has 0 radical (unpaired) electrons. The number of likely N-dealkylation sites (tertiary alicyclic amines) is 1. The van der Waals surface area contributed by atoms with Crippen molar-refractivity contribution in [3.05, 3.63) is 119 Å². The summed E-state index contributed by atoms with van der Waals surface area (Å²) in [5.41, 5.74) is 1.95. The van der Waals surface area contributed by atoms with Gasteiger partial charge in [-0.25, -0.2) is 14.8 Å². The Morgan fingerprint density at radius 2 is 1.67 bits per heavy atom. The van der Waals surface area contributed by atoms with Gasteiger partial charge in [0.1, 0.15) is 29.6 Å². The summed E-state index contributed by atoms with van der Waals surface area (Å²) in [6.07, 6.45) is 1.36. The zero-order valence-corrected chi connectivity index (χ0v) is 51.3. The molecule has 4 aliphatic rings.